The Labute approximate surface area is 206 Å². The van der Waals surface area contributed by atoms with Crippen LogP contribution in [0.1, 0.15) is 22.8 Å². The highest BCUT2D eigenvalue weighted by Crippen LogP contribution is 2.32. The molecule has 1 aliphatic rings. The summed E-state index contributed by atoms with van der Waals surface area (Å²) in [7, 11) is 1.60. The van der Waals surface area contributed by atoms with Gasteiger partial charge in [-0.1, -0.05) is 36.0 Å². The first-order valence-electron chi connectivity index (χ1n) is 11.2. The average molecular weight is 489 g/mol. The predicted molar refractivity (Wildman–Crippen MR) is 135 cm³/mol. The Morgan fingerprint density at radius 1 is 1.11 bits per heavy atom. The van der Waals surface area contributed by atoms with Gasteiger partial charge in [0.25, 0.3) is 5.56 Å². The molecule has 178 valence electrons. The Bertz CT molecular complexity index is 1470. The zero-order valence-electron chi connectivity index (χ0n) is 19.4. The topological polar surface area (TPSA) is 79.7 Å². The Morgan fingerprint density at radius 2 is 1.89 bits per heavy atom. The molecule has 0 fully saturated rings. The number of thioether (sulfide) groups is 1. The second-order valence-corrected chi connectivity index (χ2v) is 9.14. The van der Waals surface area contributed by atoms with E-state index in [0.29, 0.717) is 51.2 Å². The normalized spacial score (nSPS) is 14.6. The van der Waals surface area contributed by atoms with Crippen LogP contribution in [0.5, 0.6) is 17.2 Å². The van der Waals surface area contributed by atoms with Crippen LogP contribution < -0.4 is 19.8 Å². The van der Waals surface area contributed by atoms with Gasteiger partial charge in [-0.3, -0.25) is 14.2 Å². The van der Waals surface area contributed by atoms with E-state index < -0.39 is 0 Å². The second-order valence-electron chi connectivity index (χ2n) is 8.20. The van der Waals surface area contributed by atoms with E-state index in [4.69, 9.17) is 19.2 Å². The van der Waals surface area contributed by atoms with E-state index in [1.165, 1.54) is 18.7 Å². The monoisotopic (exact) mass is 488 g/mol. The highest BCUT2D eigenvalue weighted by atomic mass is 32.2. The van der Waals surface area contributed by atoms with Crippen LogP contribution in [0.3, 0.4) is 0 Å². The molecule has 1 atom stereocenters. The number of ether oxygens (including phenoxy) is 3. The van der Waals surface area contributed by atoms with Gasteiger partial charge in [0.2, 0.25) is 0 Å². The number of nitrogens with zero attached hydrogens (tertiary/aromatic N) is 2. The molecule has 1 aromatic heterocycles. The van der Waals surface area contributed by atoms with Crippen molar-refractivity contribution in [1.29, 1.82) is 0 Å². The number of ketones is 1. The molecule has 0 N–H and O–H groups in total. The van der Waals surface area contributed by atoms with Crippen molar-refractivity contribution in [1.82, 2.24) is 9.55 Å². The van der Waals surface area contributed by atoms with E-state index >= 15 is 0 Å². The number of para-hydroxylation sites is 3. The number of fused-ring (bicyclic) bond motifs is 2. The number of rotatable bonds is 7. The molecule has 0 saturated carbocycles. The van der Waals surface area contributed by atoms with Crippen molar-refractivity contribution in [2.45, 2.75) is 30.5 Å². The summed E-state index contributed by atoms with van der Waals surface area (Å²) in [5, 5.41) is 1.11. The molecule has 0 amide bonds. The smallest absolute Gasteiger partial charge is 0.262 e. The number of hydrogen-bond acceptors (Lipinski definition) is 7. The van der Waals surface area contributed by atoms with Crippen molar-refractivity contribution in [3.63, 3.8) is 0 Å². The number of Topliss-reactive ketones (excluding diaryl/α,β-unsaturated/α-hetero) is 1. The van der Waals surface area contributed by atoms with Crippen LogP contribution in [0.25, 0.3) is 10.9 Å². The quantitative estimate of drug-likeness (QED) is 0.211. The lowest BCUT2D eigenvalue weighted by molar-refractivity contribution is 0.0757. The first-order chi connectivity index (χ1) is 17.0. The number of carbonyl (C=O) groups excluding carboxylic acids is 1. The molecular formula is C27H24N2O5S. The third-order valence-electron chi connectivity index (χ3n) is 5.82. The van der Waals surface area contributed by atoms with Gasteiger partial charge in [-0.15, -0.1) is 0 Å². The molecule has 4 aromatic rings. The Morgan fingerprint density at radius 3 is 2.69 bits per heavy atom. The molecule has 1 aliphatic heterocycles. The second kappa shape index (κ2) is 9.84. The summed E-state index contributed by atoms with van der Waals surface area (Å²) in [5.41, 5.74) is 1.96. The summed E-state index contributed by atoms with van der Waals surface area (Å²) in [6, 6.07) is 20.2. The van der Waals surface area contributed by atoms with Crippen LogP contribution in [0.4, 0.5) is 0 Å². The summed E-state index contributed by atoms with van der Waals surface area (Å²) in [5.74, 6) is 2.48. The minimum Gasteiger partial charge on any atom is -0.496 e. The number of carbonyl (C=O) groups is 1. The Kier molecular flexibility index (Phi) is 6.46. The summed E-state index contributed by atoms with van der Waals surface area (Å²) in [6.07, 6.45) is -0.347. The standard InChI is InChI=1S/C27H24N2O5S/c1-17(30)18-11-12-23(32-2)19(13-18)16-35-27-28-22-8-4-3-7-21(22)26(31)29(27)14-20-15-33-24-9-5-6-10-25(24)34-20/h3-13,20H,14-16H2,1-2H3. The fourth-order valence-electron chi connectivity index (χ4n) is 4.03. The third kappa shape index (κ3) is 4.74. The lowest BCUT2D eigenvalue weighted by Crippen LogP contribution is -2.37. The van der Waals surface area contributed by atoms with Crippen molar-refractivity contribution in [2.75, 3.05) is 13.7 Å². The SMILES string of the molecule is COc1ccc(C(C)=O)cc1CSc1nc2ccccc2c(=O)n1CC1COc2ccccc2O1. The van der Waals surface area contributed by atoms with E-state index in [0.717, 1.165) is 5.56 Å². The largest absolute Gasteiger partial charge is 0.496 e. The van der Waals surface area contributed by atoms with Crippen LogP contribution in [0.15, 0.2) is 76.7 Å². The van der Waals surface area contributed by atoms with Gasteiger partial charge in [0.05, 0.1) is 24.6 Å². The van der Waals surface area contributed by atoms with E-state index in [2.05, 4.69) is 0 Å². The van der Waals surface area contributed by atoms with Gasteiger partial charge >= 0.3 is 0 Å². The molecule has 5 rings (SSSR count). The van der Waals surface area contributed by atoms with Gasteiger partial charge in [-0.2, -0.15) is 0 Å². The third-order valence-corrected chi connectivity index (χ3v) is 6.85. The fraction of sp³-hybridized carbons (Fsp3) is 0.222. The van der Waals surface area contributed by atoms with Gasteiger partial charge in [0.15, 0.2) is 28.5 Å². The number of methoxy groups -OCH3 is 1. The zero-order chi connectivity index (χ0) is 24.4. The molecule has 7 nitrogen and oxygen atoms in total. The minimum absolute atomic E-state index is 0.0191. The lowest BCUT2D eigenvalue weighted by Gasteiger charge is -2.27. The summed E-state index contributed by atoms with van der Waals surface area (Å²) < 4.78 is 19.1. The highest BCUT2D eigenvalue weighted by molar-refractivity contribution is 7.98. The maximum Gasteiger partial charge on any atom is 0.262 e. The number of benzene rings is 3. The van der Waals surface area contributed by atoms with Crippen molar-refractivity contribution in [3.8, 4) is 17.2 Å². The summed E-state index contributed by atoms with van der Waals surface area (Å²) >= 11 is 1.42. The van der Waals surface area contributed by atoms with Crippen molar-refractivity contribution in [3.05, 3.63) is 88.2 Å². The first-order valence-corrected chi connectivity index (χ1v) is 12.2. The Balaban J connectivity index is 1.48. The van der Waals surface area contributed by atoms with Crippen LogP contribution >= 0.6 is 11.8 Å². The van der Waals surface area contributed by atoms with E-state index in [-0.39, 0.29) is 24.0 Å². The number of aromatic nitrogens is 2. The average Bonchev–Trinajstić information content (AvgIpc) is 2.89. The maximum absolute atomic E-state index is 13.5. The molecule has 8 heteroatoms. The van der Waals surface area contributed by atoms with Crippen LogP contribution in [-0.4, -0.2) is 35.2 Å². The molecule has 0 aliphatic carbocycles. The van der Waals surface area contributed by atoms with E-state index in [1.54, 1.807) is 29.9 Å². The van der Waals surface area contributed by atoms with Gasteiger partial charge < -0.3 is 14.2 Å². The molecule has 0 bridgehead atoms. The molecule has 35 heavy (non-hydrogen) atoms. The van der Waals surface area contributed by atoms with Crippen molar-refractivity contribution in [2.24, 2.45) is 0 Å². The lowest BCUT2D eigenvalue weighted by atomic mass is 10.1. The van der Waals surface area contributed by atoms with Crippen LogP contribution in [-0.2, 0) is 12.3 Å². The van der Waals surface area contributed by atoms with Crippen molar-refractivity contribution < 1.29 is 19.0 Å². The highest BCUT2D eigenvalue weighted by Gasteiger charge is 2.24. The van der Waals surface area contributed by atoms with Crippen LogP contribution in [0, 0.1) is 0 Å². The molecule has 2 heterocycles. The Hall–Kier alpha value is -3.78. The van der Waals surface area contributed by atoms with Gasteiger partial charge in [-0.05, 0) is 49.4 Å². The van der Waals surface area contributed by atoms with Crippen molar-refractivity contribution >= 4 is 28.4 Å². The van der Waals surface area contributed by atoms with Gasteiger partial charge in [0.1, 0.15) is 12.4 Å². The number of hydrogen-bond donors (Lipinski definition) is 0. The minimum atomic E-state index is -0.347. The molecular weight excluding hydrogens is 464 g/mol. The van der Waals surface area contributed by atoms with E-state index in [9.17, 15) is 9.59 Å². The van der Waals surface area contributed by atoms with E-state index in [1.807, 2.05) is 48.5 Å². The molecule has 1 unspecified atom stereocenters. The van der Waals surface area contributed by atoms with Crippen LogP contribution in [0.2, 0.25) is 0 Å². The zero-order valence-corrected chi connectivity index (χ0v) is 20.2. The molecule has 0 spiro atoms. The summed E-state index contributed by atoms with van der Waals surface area (Å²) in [6.45, 7) is 2.15. The molecule has 0 radical (unpaired) electrons. The molecule has 0 saturated heterocycles. The maximum atomic E-state index is 13.5. The predicted octanol–water partition coefficient (Wildman–Crippen LogP) is 4.74. The summed E-state index contributed by atoms with van der Waals surface area (Å²) in [4.78, 5) is 30.2. The van der Waals surface area contributed by atoms with Gasteiger partial charge in [-0.25, -0.2) is 4.98 Å². The van der Waals surface area contributed by atoms with Gasteiger partial charge in [0, 0.05) is 16.9 Å². The fourth-order valence-corrected chi connectivity index (χ4v) is 5.01. The first kappa shape index (κ1) is 23.0. The molecule has 3 aromatic carbocycles.